The smallest absolute Gasteiger partial charge is 0.228 e. The monoisotopic (exact) mass is 367 g/mol. The third-order valence-corrected chi connectivity index (χ3v) is 4.38. The van der Waals surface area contributed by atoms with Gasteiger partial charge >= 0.3 is 0 Å². The van der Waals surface area contributed by atoms with Crippen molar-refractivity contribution < 1.29 is 14.0 Å². The van der Waals surface area contributed by atoms with Crippen LogP contribution in [0.4, 0.5) is 15.8 Å². The third-order valence-electron chi connectivity index (χ3n) is 4.38. The summed E-state index contributed by atoms with van der Waals surface area (Å²) < 4.78 is 13.5. The number of carbonyl (C=O) groups is 2. The maximum absolute atomic E-state index is 13.5. The molecule has 0 bridgehead atoms. The molecule has 27 heavy (non-hydrogen) atoms. The quantitative estimate of drug-likeness (QED) is 0.626. The molecule has 0 spiro atoms. The fourth-order valence-electron chi connectivity index (χ4n) is 2.87. The van der Waals surface area contributed by atoms with Crippen LogP contribution in [-0.4, -0.2) is 16.8 Å². The third kappa shape index (κ3) is 4.34. The average Bonchev–Trinajstić information content (AvgIpc) is 2.91. The van der Waals surface area contributed by atoms with Crippen molar-refractivity contribution in [3.63, 3.8) is 0 Å². The first kappa shape index (κ1) is 18.6. The Morgan fingerprint density at radius 3 is 2.30 bits per heavy atom. The molecule has 1 aromatic heterocycles. The van der Waals surface area contributed by atoms with Gasteiger partial charge in [-0.2, -0.15) is 0 Å². The molecule has 0 radical (unpaired) electrons. The molecule has 3 rings (SSSR count). The van der Waals surface area contributed by atoms with Crippen LogP contribution >= 0.6 is 0 Å². The van der Waals surface area contributed by atoms with Crippen molar-refractivity contribution in [2.24, 2.45) is 5.92 Å². The summed E-state index contributed by atoms with van der Waals surface area (Å²) in [6.07, 6.45) is 0.140. The van der Waals surface area contributed by atoms with Gasteiger partial charge in [-0.25, -0.2) is 4.39 Å². The van der Waals surface area contributed by atoms with Crippen LogP contribution in [0.15, 0.2) is 42.5 Å². The molecule has 3 aromatic rings. The first-order valence-electron chi connectivity index (χ1n) is 8.81. The van der Waals surface area contributed by atoms with Crippen LogP contribution in [0.3, 0.4) is 0 Å². The van der Waals surface area contributed by atoms with Gasteiger partial charge in [-0.15, -0.1) is 0 Å². The molecular formula is C21H22FN3O2. The highest BCUT2D eigenvalue weighted by Crippen LogP contribution is 2.24. The van der Waals surface area contributed by atoms with Gasteiger partial charge in [-0.1, -0.05) is 13.8 Å². The Kier molecular flexibility index (Phi) is 5.26. The molecule has 2 amide bonds. The molecular weight excluding hydrogens is 345 g/mol. The number of aryl methyl sites for hydroxylation is 1. The number of hydrogen-bond acceptors (Lipinski definition) is 2. The number of aromatic amines is 1. The number of rotatable bonds is 5. The number of nitrogens with one attached hydrogen (secondary N) is 3. The lowest BCUT2D eigenvalue weighted by Crippen LogP contribution is -2.18. The van der Waals surface area contributed by atoms with Gasteiger partial charge in [-0.3, -0.25) is 9.59 Å². The molecule has 1 heterocycles. The maximum Gasteiger partial charge on any atom is 0.228 e. The highest BCUT2D eigenvalue weighted by Gasteiger charge is 2.14. The molecule has 6 heteroatoms. The molecule has 2 aromatic carbocycles. The SMILES string of the molecule is Cc1[nH]c2ccc(F)cc2c1CC(=O)Nc1ccc(NC(=O)C(C)C)cc1. The van der Waals surface area contributed by atoms with Crippen LogP contribution in [0.5, 0.6) is 0 Å². The second kappa shape index (κ2) is 7.61. The van der Waals surface area contributed by atoms with Crippen molar-refractivity contribution in [3.05, 3.63) is 59.5 Å². The van der Waals surface area contributed by atoms with Gasteiger partial charge in [-0.05, 0) is 55.0 Å². The maximum atomic E-state index is 13.5. The Morgan fingerprint density at radius 2 is 1.67 bits per heavy atom. The molecule has 0 aliphatic heterocycles. The molecule has 0 atom stereocenters. The molecule has 0 fully saturated rings. The number of anilines is 2. The van der Waals surface area contributed by atoms with Crippen molar-refractivity contribution in [1.82, 2.24) is 4.98 Å². The number of carbonyl (C=O) groups excluding carboxylic acids is 2. The zero-order valence-corrected chi connectivity index (χ0v) is 15.5. The van der Waals surface area contributed by atoms with E-state index in [1.807, 2.05) is 20.8 Å². The summed E-state index contributed by atoms with van der Waals surface area (Å²) in [6, 6.07) is 11.4. The van der Waals surface area contributed by atoms with Crippen LogP contribution in [0.1, 0.15) is 25.1 Å². The minimum absolute atomic E-state index is 0.0613. The Morgan fingerprint density at radius 1 is 1.04 bits per heavy atom. The molecule has 0 saturated carbocycles. The van der Waals surface area contributed by atoms with Gasteiger partial charge < -0.3 is 15.6 Å². The summed E-state index contributed by atoms with van der Waals surface area (Å²) in [5.41, 5.74) is 3.74. The highest BCUT2D eigenvalue weighted by atomic mass is 19.1. The summed E-state index contributed by atoms with van der Waals surface area (Å²) >= 11 is 0. The number of fused-ring (bicyclic) bond motifs is 1. The van der Waals surface area contributed by atoms with Crippen molar-refractivity contribution in [2.75, 3.05) is 10.6 Å². The number of H-pyrrole nitrogens is 1. The summed E-state index contributed by atoms with van der Waals surface area (Å²) in [7, 11) is 0. The van der Waals surface area contributed by atoms with E-state index in [2.05, 4.69) is 15.6 Å². The lowest BCUT2D eigenvalue weighted by Gasteiger charge is -2.09. The lowest BCUT2D eigenvalue weighted by atomic mass is 10.1. The van der Waals surface area contributed by atoms with E-state index in [-0.39, 0.29) is 30.0 Å². The summed E-state index contributed by atoms with van der Waals surface area (Å²) in [4.78, 5) is 27.3. The average molecular weight is 367 g/mol. The number of halogens is 1. The predicted octanol–water partition coefficient (Wildman–Crippen LogP) is 4.39. The van der Waals surface area contributed by atoms with Crippen LogP contribution in [-0.2, 0) is 16.0 Å². The van der Waals surface area contributed by atoms with E-state index in [1.54, 1.807) is 30.3 Å². The van der Waals surface area contributed by atoms with Crippen molar-refractivity contribution in [3.8, 4) is 0 Å². The molecule has 0 unspecified atom stereocenters. The largest absolute Gasteiger partial charge is 0.358 e. The van der Waals surface area contributed by atoms with E-state index in [9.17, 15) is 14.0 Å². The van der Waals surface area contributed by atoms with E-state index in [1.165, 1.54) is 12.1 Å². The number of hydrogen-bond donors (Lipinski definition) is 3. The summed E-state index contributed by atoms with van der Waals surface area (Å²) in [5, 5.41) is 6.35. The number of benzene rings is 2. The highest BCUT2D eigenvalue weighted by molar-refractivity contribution is 5.97. The fourth-order valence-corrected chi connectivity index (χ4v) is 2.87. The zero-order valence-electron chi connectivity index (χ0n) is 15.5. The normalized spacial score (nSPS) is 11.0. The van der Waals surface area contributed by atoms with Gasteiger partial charge in [0.25, 0.3) is 0 Å². The van der Waals surface area contributed by atoms with Gasteiger partial charge in [0.05, 0.1) is 6.42 Å². The molecule has 0 aliphatic rings. The van der Waals surface area contributed by atoms with Crippen LogP contribution in [0.2, 0.25) is 0 Å². The van der Waals surface area contributed by atoms with E-state index in [0.717, 1.165) is 22.2 Å². The van der Waals surface area contributed by atoms with Crippen LogP contribution in [0.25, 0.3) is 10.9 Å². The zero-order chi connectivity index (χ0) is 19.6. The van der Waals surface area contributed by atoms with Crippen molar-refractivity contribution in [2.45, 2.75) is 27.2 Å². The topological polar surface area (TPSA) is 74.0 Å². The predicted molar refractivity (Wildman–Crippen MR) is 105 cm³/mol. The van der Waals surface area contributed by atoms with E-state index < -0.39 is 0 Å². The fraction of sp³-hybridized carbons (Fsp3) is 0.238. The Hall–Kier alpha value is -3.15. The molecule has 140 valence electrons. The van der Waals surface area contributed by atoms with Gasteiger partial charge in [0, 0.05) is 33.9 Å². The van der Waals surface area contributed by atoms with Crippen molar-refractivity contribution in [1.29, 1.82) is 0 Å². The van der Waals surface area contributed by atoms with Crippen LogP contribution < -0.4 is 10.6 Å². The van der Waals surface area contributed by atoms with Crippen LogP contribution in [0, 0.1) is 18.7 Å². The second-order valence-corrected chi connectivity index (χ2v) is 6.86. The Labute approximate surface area is 157 Å². The Bertz CT molecular complexity index is 991. The van der Waals surface area contributed by atoms with E-state index in [4.69, 9.17) is 0 Å². The minimum atomic E-state index is -0.331. The first-order valence-corrected chi connectivity index (χ1v) is 8.81. The second-order valence-electron chi connectivity index (χ2n) is 6.86. The Balaban J connectivity index is 1.69. The van der Waals surface area contributed by atoms with Gasteiger partial charge in [0.15, 0.2) is 0 Å². The summed E-state index contributed by atoms with van der Waals surface area (Å²) in [5.74, 6) is -0.688. The minimum Gasteiger partial charge on any atom is -0.358 e. The molecule has 3 N–H and O–H groups in total. The van der Waals surface area contributed by atoms with E-state index in [0.29, 0.717) is 11.4 Å². The number of aromatic nitrogens is 1. The molecule has 5 nitrogen and oxygen atoms in total. The summed E-state index contributed by atoms with van der Waals surface area (Å²) in [6.45, 7) is 5.51. The lowest BCUT2D eigenvalue weighted by molar-refractivity contribution is -0.119. The first-order chi connectivity index (χ1) is 12.8. The standard InChI is InChI=1S/C21H22FN3O2/c1-12(2)21(27)25-16-7-5-15(6-8-16)24-20(26)11-17-13(3)23-19-9-4-14(22)10-18(17)19/h4-10,12,23H,11H2,1-3H3,(H,24,26)(H,25,27). The molecule has 0 aliphatic carbocycles. The molecule has 0 saturated heterocycles. The van der Waals surface area contributed by atoms with Gasteiger partial charge in [0.2, 0.25) is 11.8 Å². The van der Waals surface area contributed by atoms with Gasteiger partial charge in [0.1, 0.15) is 5.82 Å². The van der Waals surface area contributed by atoms with Crippen molar-refractivity contribution >= 4 is 34.1 Å². The number of amides is 2. The van der Waals surface area contributed by atoms with E-state index >= 15 is 0 Å².